The molecule has 1 aromatic rings. The fraction of sp³-hybridized carbons (Fsp3) is 0.429. The first-order valence-electron chi connectivity index (χ1n) is 5.75. The van der Waals surface area contributed by atoms with Crippen LogP contribution in [0.5, 0.6) is 0 Å². The molecule has 0 fully saturated rings. The van der Waals surface area contributed by atoms with E-state index in [4.69, 9.17) is 4.74 Å². The summed E-state index contributed by atoms with van der Waals surface area (Å²) in [7, 11) is 0. The van der Waals surface area contributed by atoms with E-state index in [1.165, 1.54) is 16.7 Å². The number of nitrogens with one attached hydrogen (secondary N) is 1. The van der Waals surface area contributed by atoms with Gasteiger partial charge in [0.05, 0.1) is 0 Å². The molecular formula is C14H21NO. The SMILES string of the molecule is C/C=C(\NCOCC)c1c(C)cccc1C. The Morgan fingerprint density at radius 2 is 1.94 bits per heavy atom. The van der Waals surface area contributed by atoms with Crippen LogP contribution in [0.15, 0.2) is 24.3 Å². The molecule has 0 radical (unpaired) electrons. The van der Waals surface area contributed by atoms with Crippen LogP contribution in [0.4, 0.5) is 0 Å². The van der Waals surface area contributed by atoms with Crippen LogP contribution in [-0.4, -0.2) is 13.3 Å². The molecular weight excluding hydrogens is 198 g/mol. The molecule has 1 N–H and O–H groups in total. The predicted octanol–water partition coefficient (Wildman–Crippen LogP) is 3.25. The van der Waals surface area contributed by atoms with Crippen molar-refractivity contribution in [1.82, 2.24) is 5.32 Å². The van der Waals surface area contributed by atoms with Gasteiger partial charge in [0.2, 0.25) is 0 Å². The Bertz CT molecular complexity index is 349. The van der Waals surface area contributed by atoms with Gasteiger partial charge >= 0.3 is 0 Å². The number of rotatable bonds is 5. The molecule has 1 aromatic carbocycles. The minimum absolute atomic E-state index is 0.559. The summed E-state index contributed by atoms with van der Waals surface area (Å²) < 4.78 is 5.32. The van der Waals surface area contributed by atoms with Gasteiger partial charge in [-0.25, -0.2) is 0 Å². The Morgan fingerprint density at radius 1 is 1.31 bits per heavy atom. The topological polar surface area (TPSA) is 21.3 Å². The molecule has 88 valence electrons. The van der Waals surface area contributed by atoms with Crippen LogP contribution >= 0.6 is 0 Å². The van der Waals surface area contributed by atoms with Gasteiger partial charge in [-0.15, -0.1) is 0 Å². The maximum atomic E-state index is 5.32. The van der Waals surface area contributed by atoms with Gasteiger partial charge in [0.1, 0.15) is 6.73 Å². The lowest BCUT2D eigenvalue weighted by molar-refractivity contribution is 0.140. The number of ether oxygens (including phenoxy) is 1. The average Bonchev–Trinajstić information content (AvgIpc) is 2.26. The lowest BCUT2D eigenvalue weighted by Crippen LogP contribution is -2.17. The first-order valence-corrected chi connectivity index (χ1v) is 5.75. The summed E-state index contributed by atoms with van der Waals surface area (Å²) in [5.41, 5.74) is 5.00. The monoisotopic (exact) mass is 219 g/mol. The highest BCUT2D eigenvalue weighted by atomic mass is 16.5. The highest BCUT2D eigenvalue weighted by Crippen LogP contribution is 2.20. The summed E-state index contributed by atoms with van der Waals surface area (Å²) in [5, 5.41) is 3.31. The van der Waals surface area contributed by atoms with E-state index in [0.29, 0.717) is 6.73 Å². The Hall–Kier alpha value is -1.28. The van der Waals surface area contributed by atoms with Gasteiger partial charge in [-0.1, -0.05) is 24.3 Å². The number of hydrogen-bond acceptors (Lipinski definition) is 2. The Morgan fingerprint density at radius 3 is 2.44 bits per heavy atom. The van der Waals surface area contributed by atoms with Crippen molar-refractivity contribution in [1.29, 1.82) is 0 Å². The fourth-order valence-electron chi connectivity index (χ4n) is 1.80. The highest BCUT2D eigenvalue weighted by molar-refractivity contribution is 5.69. The van der Waals surface area contributed by atoms with Crippen molar-refractivity contribution in [3.63, 3.8) is 0 Å². The third kappa shape index (κ3) is 3.11. The highest BCUT2D eigenvalue weighted by Gasteiger charge is 2.06. The largest absolute Gasteiger partial charge is 0.362 e. The maximum absolute atomic E-state index is 5.32. The van der Waals surface area contributed by atoms with Crippen LogP contribution in [0.3, 0.4) is 0 Å². The normalized spacial score (nSPS) is 11.6. The van der Waals surface area contributed by atoms with Crippen LogP contribution in [0.25, 0.3) is 5.70 Å². The lowest BCUT2D eigenvalue weighted by Gasteiger charge is -2.15. The molecule has 1 rings (SSSR count). The van der Waals surface area contributed by atoms with Crippen molar-refractivity contribution in [3.8, 4) is 0 Å². The zero-order valence-corrected chi connectivity index (χ0v) is 10.6. The minimum Gasteiger partial charge on any atom is -0.362 e. The molecule has 0 aliphatic rings. The van der Waals surface area contributed by atoms with Crippen molar-refractivity contribution in [2.45, 2.75) is 27.7 Å². The van der Waals surface area contributed by atoms with Crippen LogP contribution in [0, 0.1) is 13.8 Å². The van der Waals surface area contributed by atoms with Crippen LogP contribution in [0.1, 0.15) is 30.5 Å². The van der Waals surface area contributed by atoms with Crippen molar-refractivity contribution in [2.75, 3.05) is 13.3 Å². The second-order valence-corrected chi connectivity index (χ2v) is 3.78. The molecule has 0 unspecified atom stereocenters. The van der Waals surface area contributed by atoms with Crippen molar-refractivity contribution < 1.29 is 4.74 Å². The minimum atomic E-state index is 0.559. The molecule has 2 nitrogen and oxygen atoms in total. The van der Waals surface area contributed by atoms with Gasteiger partial charge < -0.3 is 10.1 Å². The molecule has 0 saturated heterocycles. The van der Waals surface area contributed by atoms with E-state index in [9.17, 15) is 0 Å². The molecule has 0 aliphatic carbocycles. The average molecular weight is 219 g/mol. The van der Waals surface area contributed by atoms with Crippen LogP contribution in [0.2, 0.25) is 0 Å². The van der Waals surface area contributed by atoms with E-state index in [1.807, 2.05) is 13.8 Å². The second-order valence-electron chi connectivity index (χ2n) is 3.78. The van der Waals surface area contributed by atoms with Gasteiger partial charge in [0, 0.05) is 17.9 Å². The maximum Gasteiger partial charge on any atom is 0.116 e. The van der Waals surface area contributed by atoms with E-state index in [2.05, 4.69) is 43.4 Å². The molecule has 0 amide bonds. The summed E-state index contributed by atoms with van der Waals surface area (Å²) in [5.74, 6) is 0. The van der Waals surface area contributed by atoms with E-state index in [1.54, 1.807) is 0 Å². The lowest BCUT2D eigenvalue weighted by atomic mass is 10.00. The first-order chi connectivity index (χ1) is 7.70. The molecule has 0 saturated carbocycles. The second kappa shape index (κ2) is 6.33. The van der Waals surface area contributed by atoms with Crippen LogP contribution in [-0.2, 0) is 4.74 Å². The number of benzene rings is 1. The molecule has 0 bridgehead atoms. The molecule has 0 atom stereocenters. The summed E-state index contributed by atoms with van der Waals surface area (Å²) in [4.78, 5) is 0. The van der Waals surface area contributed by atoms with Crippen molar-refractivity contribution in [2.24, 2.45) is 0 Å². The van der Waals surface area contributed by atoms with Gasteiger partial charge in [0.15, 0.2) is 0 Å². The molecule has 0 aromatic heterocycles. The summed E-state index contributed by atoms with van der Waals surface area (Å²) in [6.45, 7) is 9.60. The van der Waals surface area contributed by atoms with Gasteiger partial charge in [0.25, 0.3) is 0 Å². The zero-order valence-electron chi connectivity index (χ0n) is 10.6. The van der Waals surface area contributed by atoms with Crippen molar-refractivity contribution >= 4 is 5.70 Å². The van der Waals surface area contributed by atoms with E-state index < -0.39 is 0 Å². The summed E-state index contributed by atoms with van der Waals surface area (Å²) in [6.07, 6.45) is 2.09. The molecule has 2 heteroatoms. The Labute approximate surface area is 98.3 Å². The van der Waals surface area contributed by atoms with Crippen molar-refractivity contribution in [3.05, 3.63) is 41.0 Å². The predicted molar refractivity (Wildman–Crippen MR) is 69.2 cm³/mol. The number of aryl methyl sites for hydroxylation is 2. The molecule has 16 heavy (non-hydrogen) atoms. The van der Waals surface area contributed by atoms with Crippen LogP contribution < -0.4 is 5.32 Å². The summed E-state index contributed by atoms with van der Waals surface area (Å²) >= 11 is 0. The third-order valence-electron chi connectivity index (χ3n) is 2.61. The Kier molecular flexibility index (Phi) is 5.06. The molecule has 0 heterocycles. The smallest absolute Gasteiger partial charge is 0.116 e. The molecule has 0 aliphatic heterocycles. The van der Waals surface area contributed by atoms with Gasteiger partial charge in [-0.2, -0.15) is 0 Å². The van der Waals surface area contributed by atoms with E-state index >= 15 is 0 Å². The number of hydrogen-bond donors (Lipinski definition) is 1. The zero-order chi connectivity index (χ0) is 12.0. The third-order valence-corrected chi connectivity index (χ3v) is 2.61. The number of allylic oxidation sites excluding steroid dienone is 1. The van der Waals surface area contributed by atoms with Gasteiger partial charge in [-0.3, -0.25) is 0 Å². The Balaban J connectivity index is 2.88. The standard InChI is InChI=1S/C14H21NO/c1-5-13(15-10-16-6-2)14-11(3)8-7-9-12(14)4/h5,7-9,15H,6,10H2,1-4H3/b13-5-. The van der Waals surface area contributed by atoms with E-state index in [0.717, 1.165) is 12.3 Å². The first kappa shape index (κ1) is 12.8. The summed E-state index contributed by atoms with van der Waals surface area (Å²) in [6, 6.07) is 6.35. The van der Waals surface area contributed by atoms with Gasteiger partial charge in [-0.05, 0) is 38.8 Å². The molecule has 0 spiro atoms. The fourth-order valence-corrected chi connectivity index (χ4v) is 1.80. The van der Waals surface area contributed by atoms with E-state index in [-0.39, 0.29) is 0 Å². The quantitative estimate of drug-likeness (QED) is 0.606.